The van der Waals surface area contributed by atoms with Crippen LogP contribution >= 0.6 is 22.7 Å². The molecule has 160 valence electrons. The lowest BCUT2D eigenvalue weighted by atomic mass is 10.1. The van der Waals surface area contributed by atoms with E-state index in [4.69, 9.17) is 5.73 Å². The van der Waals surface area contributed by atoms with E-state index in [1.165, 1.54) is 15.0 Å². The molecule has 0 radical (unpaired) electrons. The fourth-order valence-corrected chi connectivity index (χ4v) is 5.30. The fourth-order valence-electron chi connectivity index (χ4n) is 3.52. The number of aromatic nitrogens is 3. The second kappa shape index (κ2) is 8.94. The van der Waals surface area contributed by atoms with Crippen molar-refractivity contribution in [1.29, 1.82) is 0 Å². The van der Waals surface area contributed by atoms with Crippen LogP contribution in [0.25, 0.3) is 20.5 Å². The molecule has 0 aliphatic carbocycles. The number of nitrogens with two attached hydrogens (primary N) is 1. The van der Waals surface area contributed by atoms with Crippen LogP contribution in [0.15, 0.2) is 72.2 Å². The van der Waals surface area contributed by atoms with Crippen molar-refractivity contribution in [3.8, 4) is 10.4 Å². The average Bonchev–Trinajstić information content (AvgIpc) is 3.55. The monoisotopic (exact) mass is 459 g/mol. The number of benzene rings is 2. The standard InChI is InChI=1S/C24H21N5OS2/c25-20-9-7-17(22-6-3-11-31-22)13-21(20)26-24(30)10-8-18-14-29(28-27-18)15-19-12-16-4-1-2-5-23(16)32-19/h1-7,9,11-14H,8,10,15,25H2,(H,26,30). The summed E-state index contributed by atoms with van der Waals surface area (Å²) in [6, 6.07) is 20.3. The molecule has 0 unspecified atom stereocenters. The van der Waals surface area contributed by atoms with Gasteiger partial charge in [-0.1, -0.05) is 35.5 Å². The van der Waals surface area contributed by atoms with Gasteiger partial charge in [0.2, 0.25) is 5.91 Å². The Hall–Kier alpha value is -3.49. The van der Waals surface area contributed by atoms with E-state index in [0.717, 1.165) is 16.1 Å². The molecule has 0 saturated heterocycles. The quantitative estimate of drug-likeness (QED) is 0.318. The van der Waals surface area contributed by atoms with Crippen LogP contribution in [0.5, 0.6) is 0 Å². The molecule has 3 aromatic heterocycles. The highest BCUT2D eigenvalue weighted by atomic mass is 32.1. The molecule has 5 aromatic rings. The van der Waals surface area contributed by atoms with Gasteiger partial charge in [0.1, 0.15) is 0 Å². The van der Waals surface area contributed by atoms with Crippen LogP contribution in [-0.4, -0.2) is 20.9 Å². The molecule has 3 N–H and O–H groups in total. The van der Waals surface area contributed by atoms with E-state index in [0.29, 0.717) is 30.8 Å². The van der Waals surface area contributed by atoms with E-state index in [1.54, 1.807) is 22.7 Å². The van der Waals surface area contributed by atoms with Gasteiger partial charge in [-0.05, 0) is 46.7 Å². The largest absolute Gasteiger partial charge is 0.397 e. The summed E-state index contributed by atoms with van der Waals surface area (Å²) in [4.78, 5) is 14.9. The number of aryl methyl sites for hydroxylation is 1. The van der Waals surface area contributed by atoms with E-state index in [2.05, 4.69) is 33.8 Å². The summed E-state index contributed by atoms with van der Waals surface area (Å²) in [5, 5.41) is 14.6. The second-order valence-electron chi connectivity index (χ2n) is 7.49. The minimum atomic E-state index is -0.0981. The predicted octanol–water partition coefficient (Wildman–Crippen LogP) is 5.42. The van der Waals surface area contributed by atoms with Crippen LogP contribution in [0.1, 0.15) is 17.0 Å². The Morgan fingerprint density at radius 3 is 2.84 bits per heavy atom. The molecule has 32 heavy (non-hydrogen) atoms. The Morgan fingerprint density at radius 2 is 2.00 bits per heavy atom. The second-order valence-corrected chi connectivity index (χ2v) is 9.60. The van der Waals surface area contributed by atoms with Crippen molar-refractivity contribution < 1.29 is 4.79 Å². The first-order chi connectivity index (χ1) is 15.6. The number of carbonyl (C=O) groups is 1. The summed E-state index contributed by atoms with van der Waals surface area (Å²) < 4.78 is 3.09. The molecule has 5 rings (SSSR count). The summed E-state index contributed by atoms with van der Waals surface area (Å²) in [5.41, 5.74) is 9.08. The van der Waals surface area contributed by atoms with Gasteiger partial charge in [-0.15, -0.1) is 27.8 Å². The zero-order valence-electron chi connectivity index (χ0n) is 17.2. The SMILES string of the molecule is Nc1ccc(-c2cccs2)cc1NC(=O)CCc1cn(Cc2cc3ccccc3s2)nn1. The van der Waals surface area contributed by atoms with Crippen molar-refractivity contribution in [3.63, 3.8) is 0 Å². The lowest BCUT2D eigenvalue weighted by Crippen LogP contribution is -2.13. The van der Waals surface area contributed by atoms with Crippen molar-refractivity contribution in [2.75, 3.05) is 11.1 Å². The third-order valence-electron chi connectivity index (χ3n) is 5.12. The molecule has 6 nitrogen and oxygen atoms in total. The highest BCUT2D eigenvalue weighted by Gasteiger charge is 2.10. The Morgan fingerprint density at radius 1 is 1.09 bits per heavy atom. The van der Waals surface area contributed by atoms with Crippen molar-refractivity contribution >= 4 is 50.0 Å². The lowest BCUT2D eigenvalue weighted by molar-refractivity contribution is -0.116. The first-order valence-corrected chi connectivity index (χ1v) is 11.9. The predicted molar refractivity (Wildman–Crippen MR) is 132 cm³/mol. The number of nitrogens with one attached hydrogen (secondary N) is 1. The number of rotatable bonds is 7. The van der Waals surface area contributed by atoms with Crippen molar-refractivity contribution in [2.45, 2.75) is 19.4 Å². The number of amides is 1. The van der Waals surface area contributed by atoms with E-state index >= 15 is 0 Å². The van der Waals surface area contributed by atoms with Crippen LogP contribution in [-0.2, 0) is 17.8 Å². The van der Waals surface area contributed by atoms with Gasteiger partial charge in [-0.2, -0.15) is 0 Å². The summed E-state index contributed by atoms with van der Waals surface area (Å²) in [7, 11) is 0. The molecular formula is C24H21N5OS2. The molecule has 0 aliphatic heterocycles. The molecule has 0 saturated carbocycles. The number of anilines is 2. The maximum atomic E-state index is 12.5. The topological polar surface area (TPSA) is 85.8 Å². The van der Waals surface area contributed by atoms with Gasteiger partial charge in [0.25, 0.3) is 0 Å². The van der Waals surface area contributed by atoms with Crippen molar-refractivity contribution in [2.24, 2.45) is 0 Å². The third kappa shape index (κ3) is 4.56. The van der Waals surface area contributed by atoms with E-state index < -0.39 is 0 Å². The highest BCUT2D eigenvalue weighted by molar-refractivity contribution is 7.19. The van der Waals surface area contributed by atoms with Crippen LogP contribution in [0.4, 0.5) is 11.4 Å². The van der Waals surface area contributed by atoms with Crippen LogP contribution < -0.4 is 11.1 Å². The lowest BCUT2D eigenvalue weighted by Gasteiger charge is -2.09. The zero-order chi connectivity index (χ0) is 21.9. The van der Waals surface area contributed by atoms with Crippen molar-refractivity contribution in [3.05, 3.63) is 82.8 Å². The summed E-state index contributed by atoms with van der Waals surface area (Å²) in [5.74, 6) is -0.0981. The number of hydrogen-bond donors (Lipinski definition) is 2. The maximum Gasteiger partial charge on any atom is 0.224 e. The number of carbonyl (C=O) groups excluding carboxylic acids is 1. The first kappa shape index (κ1) is 20.4. The zero-order valence-corrected chi connectivity index (χ0v) is 18.8. The molecule has 2 aromatic carbocycles. The number of thiophene rings is 2. The van der Waals surface area contributed by atoms with Gasteiger partial charge in [-0.25, -0.2) is 4.68 Å². The molecule has 0 aliphatic rings. The average molecular weight is 460 g/mol. The van der Waals surface area contributed by atoms with Crippen LogP contribution in [0.2, 0.25) is 0 Å². The molecule has 0 atom stereocenters. The fraction of sp³-hybridized carbons (Fsp3) is 0.125. The van der Waals surface area contributed by atoms with Gasteiger partial charge in [-0.3, -0.25) is 4.79 Å². The van der Waals surface area contributed by atoms with Gasteiger partial charge in [0, 0.05) is 33.5 Å². The normalized spacial score (nSPS) is 11.1. The van der Waals surface area contributed by atoms with Gasteiger partial charge in [0.15, 0.2) is 0 Å². The number of fused-ring (bicyclic) bond motifs is 1. The summed E-state index contributed by atoms with van der Waals surface area (Å²) in [6.07, 6.45) is 2.73. The number of nitrogens with zero attached hydrogens (tertiary/aromatic N) is 3. The van der Waals surface area contributed by atoms with E-state index in [9.17, 15) is 4.79 Å². The highest BCUT2D eigenvalue weighted by Crippen LogP contribution is 2.30. The summed E-state index contributed by atoms with van der Waals surface area (Å²) >= 11 is 3.41. The molecule has 0 spiro atoms. The molecule has 0 fully saturated rings. The molecule has 1 amide bonds. The van der Waals surface area contributed by atoms with Crippen LogP contribution in [0.3, 0.4) is 0 Å². The number of nitrogen functional groups attached to an aromatic ring is 1. The Kier molecular flexibility index (Phi) is 5.70. The Balaban J connectivity index is 1.19. The van der Waals surface area contributed by atoms with Crippen molar-refractivity contribution in [1.82, 2.24) is 15.0 Å². The van der Waals surface area contributed by atoms with Gasteiger partial charge < -0.3 is 11.1 Å². The Labute approximate surface area is 193 Å². The van der Waals surface area contributed by atoms with E-state index in [-0.39, 0.29) is 5.91 Å². The van der Waals surface area contributed by atoms with Gasteiger partial charge >= 0.3 is 0 Å². The molecule has 3 heterocycles. The molecular weight excluding hydrogens is 438 g/mol. The minimum Gasteiger partial charge on any atom is -0.397 e. The molecule has 0 bridgehead atoms. The maximum absolute atomic E-state index is 12.5. The Bertz CT molecular complexity index is 1340. The summed E-state index contributed by atoms with van der Waals surface area (Å²) in [6.45, 7) is 0.671. The van der Waals surface area contributed by atoms with Crippen LogP contribution in [0, 0.1) is 0 Å². The molecule has 8 heteroatoms. The first-order valence-electron chi connectivity index (χ1n) is 10.2. The smallest absolute Gasteiger partial charge is 0.224 e. The minimum absolute atomic E-state index is 0.0981. The third-order valence-corrected chi connectivity index (χ3v) is 7.14. The number of hydrogen-bond acceptors (Lipinski definition) is 6. The van der Waals surface area contributed by atoms with Gasteiger partial charge in [0.05, 0.1) is 23.6 Å². The van der Waals surface area contributed by atoms with E-state index in [1.807, 2.05) is 58.7 Å².